The molecule has 166 valence electrons. The van der Waals surface area contributed by atoms with E-state index < -0.39 is 17.2 Å². The summed E-state index contributed by atoms with van der Waals surface area (Å²) in [5.41, 5.74) is 6.00. The fraction of sp³-hybridized carbons (Fsp3) is 0.409. The van der Waals surface area contributed by atoms with Crippen LogP contribution in [0, 0.1) is 5.92 Å². The van der Waals surface area contributed by atoms with Crippen molar-refractivity contribution in [3.63, 3.8) is 0 Å². The fourth-order valence-electron chi connectivity index (χ4n) is 3.46. The summed E-state index contributed by atoms with van der Waals surface area (Å²) in [4.78, 5) is 42.1. The summed E-state index contributed by atoms with van der Waals surface area (Å²) >= 11 is 6.07. The van der Waals surface area contributed by atoms with Crippen LogP contribution in [0.5, 0.6) is 5.75 Å². The Kier molecular flexibility index (Phi) is 6.90. The first-order valence-electron chi connectivity index (χ1n) is 10.3. The number of hydrogen-bond acceptors (Lipinski definition) is 5. The Morgan fingerprint density at radius 1 is 1.35 bits per heavy atom. The van der Waals surface area contributed by atoms with Gasteiger partial charge < -0.3 is 15.4 Å². The number of rotatable bonds is 7. The number of nitrogen functional groups attached to an aromatic ring is 1. The predicted octanol–water partition coefficient (Wildman–Crippen LogP) is 3.04. The highest BCUT2D eigenvalue weighted by Crippen LogP contribution is 2.30. The Morgan fingerprint density at radius 3 is 2.77 bits per heavy atom. The third-order valence-corrected chi connectivity index (χ3v) is 5.21. The summed E-state index contributed by atoms with van der Waals surface area (Å²) in [6.45, 7) is 6.50. The summed E-state index contributed by atoms with van der Waals surface area (Å²) in [5, 5.41) is 0.523. The molecule has 0 saturated carbocycles. The van der Waals surface area contributed by atoms with Crippen LogP contribution in [-0.2, 0) is 11.3 Å². The molecular weight excluding hydrogens is 420 g/mol. The van der Waals surface area contributed by atoms with Gasteiger partial charge in [0.15, 0.2) is 5.69 Å². The molecule has 0 aliphatic carbocycles. The van der Waals surface area contributed by atoms with Gasteiger partial charge in [-0.05, 0) is 36.6 Å². The van der Waals surface area contributed by atoms with Gasteiger partial charge in [0.25, 0.3) is 11.5 Å². The molecule has 0 atom stereocenters. The van der Waals surface area contributed by atoms with Crippen LogP contribution in [0.25, 0.3) is 6.08 Å². The fourth-order valence-corrected chi connectivity index (χ4v) is 3.64. The summed E-state index contributed by atoms with van der Waals surface area (Å²) in [5.74, 6) is 0.252. The van der Waals surface area contributed by atoms with Gasteiger partial charge in [0.1, 0.15) is 18.2 Å². The quantitative estimate of drug-likeness (QED) is 0.679. The van der Waals surface area contributed by atoms with Gasteiger partial charge in [0.2, 0.25) is 0 Å². The molecule has 2 heterocycles. The minimum atomic E-state index is -0.690. The predicted molar refractivity (Wildman–Crippen MR) is 123 cm³/mol. The maximum Gasteiger partial charge on any atom is 0.330 e. The van der Waals surface area contributed by atoms with Crippen molar-refractivity contribution in [1.82, 2.24) is 9.55 Å². The smallest absolute Gasteiger partial charge is 0.330 e. The number of aromatic amines is 1. The lowest BCUT2D eigenvalue weighted by molar-refractivity contribution is -0.115. The van der Waals surface area contributed by atoms with Gasteiger partial charge in [-0.25, -0.2) is 4.79 Å². The third-order valence-electron chi connectivity index (χ3n) is 4.97. The molecule has 0 unspecified atom stereocenters. The van der Waals surface area contributed by atoms with Crippen molar-refractivity contribution >= 4 is 35.1 Å². The largest absolute Gasteiger partial charge is 0.488 e. The first-order chi connectivity index (χ1) is 14.7. The van der Waals surface area contributed by atoms with E-state index in [1.807, 2.05) is 20.8 Å². The molecule has 3 rings (SSSR count). The molecule has 0 spiro atoms. The normalized spacial score (nSPS) is 12.9. The van der Waals surface area contributed by atoms with Gasteiger partial charge in [0.05, 0.1) is 5.57 Å². The number of amides is 1. The van der Waals surface area contributed by atoms with Crippen molar-refractivity contribution in [3.8, 4) is 5.75 Å². The second-order valence-electron chi connectivity index (χ2n) is 7.95. The number of ether oxygens (including phenoxy) is 1. The Labute approximate surface area is 185 Å². The molecular formula is C22H27ClN4O4. The van der Waals surface area contributed by atoms with Crippen LogP contribution in [0.4, 0.5) is 11.5 Å². The lowest BCUT2D eigenvalue weighted by atomic mass is 10.1. The number of nitrogens with two attached hydrogens (primary N) is 1. The number of anilines is 2. The topological polar surface area (TPSA) is 110 Å². The lowest BCUT2D eigenvalue weighted by Crippen LogP contribution is -2.44. The van der Waals surface area contributed by atoms with E-state index in [2.05, 4.69) is 4.98 Å². The first-order valence-corrected chi connectivity index (χ1v) is 10.7. The van der Waals surface area contributed by atoms with Crippen LogP contribution in [-0.4, -0.2) is 28.6 Å². The monoisotopic (exact) mass is 446 g/mol. The zero-order valence-electron chi connectivity index (χ0n) is 17.9. The number of benzene rings is 1. The molecule has 0 radical (unpaired) electrons. The number of H-pyrrole nitrogens is 1. The van der Waals surface area contributed by atoms with Crippen molar-refractivity contribution in [2.75, 3.05) is 23.8 Å². The van der Waals surface area contributed by atoms with Gasteiger partial charge in [-0.15, -0.1) is 0 Å². The van der Waals surface area contributed by atoms with Gasteiger partial charge in [-0.3, -0.25) is 19.1 Å². The maximum atomic E-state index is 13.5. The van der Waals surface area contributed by atoms with E-state index in [0.29, 0.717) is 34.9 Å². The van der Waals surface area contributed by atoms with Gasteiger partial charge in [0, 0.05) is 23.7 Å². The average Bonchev–Trinajstić information content (AvgIpc) is 2.71. The number of fused-ring (bicyclic) bond motifs is 1. The highest BCUT2D eigenvalue weighted by atomic mass is 35.5. The third kappa shape index (κ3) is 4.85. The zero-order chi connectivity index (χ0) is 22.7. The number of nitrogens with one attached hydrogen (secondary N) is 1. The van der Waals surface area contributed by atoms with Crippen molar-refractivity contribution < 1.29 is 9.53 Å². The van der Waals surface area contributed by atoms with E-state index in [1.165, 1.54) is 9.47 Å². The molecule has 8 nitrogen and oxygen atoms in total. The molecule has 1 aliphatic rings. The van der Waals surface area contributed by atoms with Crippen molar-refractivity contribution in [2.24, 2.45) is 5.92 Å². The van der Waals surface area contributed by atoms with E-state index in [4.69, 9.17) is 22.1 Å². The number of carbonyl (C=O) groups excluding carboxylic acids is 1. The molecule has 1 aromatic heterocycles. The number of hydrogen-bond donors (Lipinski definition) is 2. The minimum Gasteiger partial charge on any atom is -0.488 e. The van der Waals surface area contributed by atoms with Crippen molar-refractivity contribution in [2.45, 2.75) is 40.2 Å². The van der Waals surface area contributed by atoms with Gasteiger partial charge >= 0.3 is 5.69 Å². The minimum absolute atomic E-state index is 0.0167. The Morgan fingerprint density at radius 2 is 2.10 bits per heavy atom. The van der Waals surface area contributed by atoms with Crippen LogP contribution >= 0.6 is 11.6 Å². The maximum absolute atomic E-state index is 13.5. The number of halogens is 1. The molecule has 0 bridgehead atoms. The Hall–Kier alpha value is -3.00. The van der Waals surface area contributed by atoms with E-state index in [1.54, 1.807) is 24.3 Å². The van der Waals surface area contributed by atoms with Crippen molar-refractivity contribution in [1.29, 1.82) is 0 Å². The average molecular weight is 447 g/mol. The molecule has 31 heavy (non-hydrogen) atoms. The van der Waals surface area contributed by atoms with E-state index in [-0.39, 0.29) is 30.6 Å². The summed E-state index contributed by atoms with van der Waals surface area (Å²) in [6.07, 6.45) is 3.27. The van der Waals surface area contributed by atoms with E-state index in [0.717, 1.165) is 6.42 Å². The highest BCUT2D eigenvalue weighted by molar-refractivity contribution is 6.30. The molecule has 1 aromatic carbocycles. The van der Waals surface area contributed by atoms with E-state index >= 15 is 0 Å². The second-order valence-corrected chi connectivity index (χ2v) is 8.38. The van der Waals surface area contributed by atoms with Crippen LogP contribution in [0.15, 0.2) is 33.4 Å². The molecule has 0 fully saturated rings. The molecule has 9 heteroatoms. The first kappa shape index (κ1) is 22.7. The number of aromatic nitrogens is 2. The number of unbranched alkanes of at least 4 members (excludes halogenated alkanes) is 1. The number of nitrogens with zero attached hydrogens (tertiary/aromatic N) is 2. The molecule has 2 aromatic rings. The van der Waals surface area contributed by atoms with Gasteiger partial charge in [-0.1, -0.05) is 38.8 Å². The standard InChI is InChI=1S/C22H27ClN4O4/c1-4-5-8-26-19(24)18(20(28)25-22(26)30)27(11-13(2)3)21(29)15-9-14-10-16(23)6-7-17(14)31-12-15/h6-7,9-10,13H,4-5,8,11-12,24H2,1-3H3,(H,25,28,30). The second kappa shape index (κ2) is 9.43. The lowest BCUT2D eigenvalue weighted by Gasteiger charge is -2.28. The molecule has 1 aliphatic heterocycles. The highest BCUT2D eigenvalue weighted by Gasteiger charge is 2.29. The van der Waals surface area contributed by atoms with Crippen LogP contribution in [0.1, 0.15) is 39.2 Å². The summed E-state index contributed by atoms with van der Waals surface area (Å²) in [6, 6.07) is 5.17. The van der Waals surface area contributed by atoms with Crippen LogP contribution in [0.2, 0.25) is 5.02 Å². The molecule has 1 amide bonds. The Balaban J connectivity index is 2.08. The van der Waals surface area contributed by atoms with Crippen molar-refractivity contribution in [3.05, 3.63) is 55.2 Å². The van der Waals surface area contributed by atoms with Crippen LogP contribution in [0.3, 0.4) is 0 Å². The van der Waals surface area contributed by atoms with Gasteiger partial charge in [-0.2, -0.15) is 0 Å². The Bertz CT molecular complexity index is 1130. The molecule has 3 N–H and O–H groups in total. The zero-order valence-corrected chi connectivity index (χ0v) is 18.7. The van der Waals surface area contributed by atoms with E-state index in [9.17, 15) is 14.4 Å². The molecule has 0 saturated heterocycles. The van der Waals surface area contributed by atoms with Crippen LogP contribution < -0.4 is 26.6 Å². The summed E-state index contributed by atoms with van der Waals surface area (Å²) < 4.78 is 7.02. The number of carbonyl (C=O) groups is 1. The summed E-state index contributed by atoms with van der Waals surface area (Å²) in [7, 11) is 0. The SMILES string of the molecule is CCCCn1c(N)c(N(CC(C)C)C(=O)C2=Cc3cc(Cl)ccc3OC2)c(=O)[nH]c1=O.